The van der Waals surface area contributed by atoms with Gasteiger partial charge in [0.2, 0.25) is 5.76 Å². The normalized spacial score (nSPS) is 12.6. The average molecular weight is 305 g/mol. The van der Waals surface area contributed by atoms with Gasteiger partial charge >= 0.3 is 0 Å². The molecule has 2 heterocycles. The van der Waals surface area contributed by atoms with Crippen LogP contribution in [0.15, 0.2) is 10.7 Å². The Morgan fingerprint density at radius 3 is 2.68 bits per heavy atom. The van der Waals surface area contributed by atoms with Crippen molar-refractivity contribution in [1.82, 2.24) is 25.1 Å². The lowest BCUT2D eigenvalue weighted by Gasteiger charge is -2.19. The van der Waals surface area contributed by atoms with E-state index in [2.05, 4.69) is 34.2 Å². The smallest absolute Gasteiger partial charge is 0.289 e. The van der Waals surface area contributed by atoms with E-state index >= 15 is 0 Å². The maximum absolute atomic E-state index is 12.5. The Morgan fingerprint density at radius 1 is 1.45 bits per heavy atom. The van der Waals surface area contributed by atoms with Crippen molar-refractivity contribution in [1.29, 1.82) is 0 Å². The van der Waals surface area contributed by atoms with Crippen LogP contribution in [0.3, 0.4) is 0 Å². The van der Waals surface area contributed by atoms with Crippen molar-refractivity contribution in [2.45, 2.75) is 46.6 Å². The molecule has 0 aliphatic heterocycles. The second-order valence-corrected chi connectivity index (χ2v) is 5.77. The molecule has 120 valence electrons. The van der Waals surface area contributed by atoms with Gasteiger partial charge < -0.3 is 9.73 Å². The molecule has 2 aromatic rings. The average Bonchev–Trinajstić information content (AvgIpc) is 3.03. The van der Waals surface area contributed by atoms with Crippen molar-refractivity contribution in [3.63, 3.8) is 0 Å². The number of hydrogen-bond acceptors (Lipinski definition) is 5. The molecule has 0 spiro atoms. The van der Waals surface area contributed by atoms with Crippen molar-refractivity contribution >= 4 is 5.91 Å². The standard InChI is InChI=1S/C15H23N5O2/c1-6-12-18-10(4)13(22-12)15(21)19-11(7-9(2)3)14-16-8-17-20(14)5/h8-9,11H,6-7H2,1-5H3,(H,19,21)/t11-/m0/s1. The number of nitrogens with one attached hydrogen (secondary N) is 1. The summed E-state index contributed by atoms with van der Waals surface area (Å²) in [5, 5.41) is 7.07. The van der Waals surface area contributed by atoms with Gasteiger partial charge in [0.15, 0.2) is 5.89 Å². The van der Waals surface area contributed by atoms with Gasteiger partial charge in [-0.25, -0.2) is 9.97 Å². The van der Waals surface area contributed by atoms with E-state index in [1.54, 1.807) is 11.6 Å². The zero-order valence-corrected chi connectivity index (χ0v) is 13.8. The monoisotopic (exact) mass is 305 g/mol. The van der Waals surface area contributed by atoms with Crippen molar-refractivity contribution < 1.29 is 9.21 Å². The molecule has 2 aromatic heterocycles. The summed E-state index contributed by atoms with van der Waals surface area (Å²) in [5.41, 5.74) is 0.607. The van der Waals surface area contributed by atoms with E-state index in [4.69, 9.17) is 4.42 Å². The van der Waals surface area contributed by atoms with Gasteiger partial charge in [0.1, 0.15) is 12.2 Å². The number of aryl methyl sites for hydroxylation is 3. The van der Waals surface area contributed by atoms with Crippen molar-refractivity contribution in [3.8, 4) is 0 Å². The maximum Gasteiger partial charge on any atom is 0.289 e. The highest BCUT2D eigenvalue weighted by molar-refractivity contribution is 5.92. The molecule has 0 unspecified atom stereocenters. The number of carbonyl (C=O) groups excluding carboxylic acids is 1. The summed E-state index contributed by atoms with van der Waals surface area (Å²) in [7, 11) is 1.82. The van der Waals surface area contributed by atoms with Gasteiger partial charge in [-0.1, -0.05) is 20.8 Å². The van der Waals surface area contributed by atoms with Crippen LogP contribution in [0.1, 0.15) is 61.2 Å². The van der Waals surface area contributed by atoms with Gasteiger partial charge in [0.05, 0.1) is 11.7 Å². The van der Waals surface area contributed by atoms with Crippen molar-refractivity contribution in [2.24, 2.45) is 13.0 Å². The molecule has 0 saturated heterocycles. The number of hydrogen-bond donors (Lipinski definition) is 1. The van der Waals surface area contributed by atoms with Crippen LogP contribution in [0, 0.1) is 12.8 Å². The van der Waals surface area contributed by atoms with E-state index < -0.39 is 0 Å². The first-order chi connectivity index (χ1) is 10.4. The molecule has 0 fully saturated rings. The minimum absolute atomic E-state index is 0.213. The minimum Gasteiger partial charge on any atom is -0.435 e. The highest BCUT2D eigenvalue weighted by atomic mass is 16.4. The Bertz CT molecular complexity index is 644. The molecule has 0 bridgehead atoms. The quantitative estimate of drug-likeness (QED) is 0.884. The molecule has 0 saturated carbocycles. The fraction of sp³-hybridized carbons (Fsp3) is 0.600. The van der Waals surface area contributed by atoms with Gasteiger partial charge in [-0.2, -0.15) is 5.10 Å². The van der Waals surface area contributed by atoms with E-state index in [9.17, 15) is 4.79 Å². The van der Waals surface area contributed by atoms with Gasteiger partial charge in [0, 0.05) is 13.5 Å². The number of nitrogens with zero attached hydrogens (tertiary/aromatic N) is 4. The van der Waals surface area contributed by atoms with Crippen LogP contribution in [-0.2, 0) is 13.5 Å². The second kappa shape index (κ2) is 6.72. The Kier molecular flexibility index (Phi) is 4.95. The van der Waals surface area contributed by atoms with E-state index in [-0.39, 0.29) is 17.7 Å². The van der Waals surface area contributed by atoms with Crippen LogP contribution < -0.4 is 5.32 Å². The molecule has 0 radical (unpaired) electrons. The summed E-state index contributed by atoms with van der Waals surface area (Å²) >= 11 is 0. The Labute approximate surface area is 130 Å². The molecular formula is C15H23N5O2. The van der Waals surface area contributed by atoms with Gasteiger partial charge in [-0.15, -0.1) is 0 Å². The molecule has 1 atom stereocenters. The molecule has 0 aromatic carbocycles. The number of amides is 1. The topological polar surface area (TPSA) is 85.8 Å². The lowest BCUT2D eigenvalue weighted by Crippen LogP contribution is -2.31. The number of rotatable bonds is 6. The maximum atomic E-state index is 12.5. The van der Waals surface area contributed by atoms with Gasteiger partial charge in [0.25, 0.3) is 5.91 Å². The number of oxazole rings is 1. The van der Waals surface area contributed by atoms with Crippen molar-refractivity contribution in [3.05, 3.63) is 29.5 Å². The first-order valence-electron chi connectivity index (χ1n) is 7.53. The SMILES string of the molecule is CCc1nc(C)c(C(=O)N[C@@H](CC(C)C)c2ncnn2C)o1. The zero-order chi connectivity index (χ0) is 16.3. The molecule has 1 amide bonds. The van der Waals surface area contributed by atoms with Crippen LogP contribution in [0.4, 0.5) is 0 Å². The predicted molar refractivity (Wildman–Crippen MR) is 81.3 cm³/mol. The molecule has 2 rings (SSSR count). The third kappa shape index (κ3) is 3.52. The lowest BCUT2D eigenvalue weighted by molar-refractivity contribution is 0.0898. The summed E-state index contributed by atoms with van der Waals surface area (Å²) in [6.45, 7) is 7.92. The minimum atomic E-state index is -0.265. The van der Waals surface area contributed by atoms with E-state index in [0.717, 1.165) is 12.2 Å². The third-order valence-electron chi connectivity index (χ3n) is 3.42. The molecule has 0 aliphatic carbocycles. The molecule has 1 N–H and O–H groups in total. The van der Waals surface area contributed by atoms with Gasteiger partial charge in [-0.3, -0.25) is 9.48 Å². The van der Waals surface area contributed by atoms with Crippen LogP contribution in [0.5, 0.6) is 0 Å². The van der Waals surface area contributed by atoms with Crippen LogP contribution in [0.2, 0.25) is 0 Å². The third-order valence-corrected chi connectivity index (χ3v) is 3.42. The number of carbonyl (C=O) groups is 1. The van der Waals surface area contributed by atoms with E-state index in [0.29, 0.717) is 23.9 Å². The molecule has 0 aliphatic rings. The molecular weight excluding hydrogens is 282 g/mol. The molecule has 22 heavy (non-hydrogen) atoms. The van der Waals surface area contributed by atoms with Gasteiger partial charge in [-0.05, 0) is 19.3 Å². The van der Waals surface area contributed by atoms with Crippen LogP contribution >= 0.6 is 0 Å². The van der Waals surface area contributed by atoms with E-state index in [1.807, 2.05) is 14.0 Å². The fourth-order valence-corrected chi connectivity index (χ4v) is 2.36. The summed E-state index contributed by atoms with van der Waals surface area (Å²) < 4.78 is 7.19. The highest BCUT2D eigenvalue weighted by Gasteiger charge is 2.24. The zero-order valence-electron chi connectivity index (χ0n) is 13.8. The summed E-state index contributed by atoms with van der Waals surface area (Å²) in [4.78, 5) is 21.0. The highest BCUT2D eigenvalue weighted by Crippen LogP contribution is 2.20. The molecule has 7 nitrogen and oxygen atoms in total. The fourth-order valence-electron chi connectivity index (χ4n) is 2.36. The second-order valence-electron chi connectivity index (χ2n) is 5.77. The Hall–Kier alpha value is -2.18. The summed E-state index contributed by atoms with van der Waals surface area (Å²) in [6, 6.07) is -0.213. The van der Waals surface area contributed by atoms with Crippen molar-refractivity contribution in [2.75, 3.05) is 0 Å². The number of aromatic nitrogens is 4. The summed E-state index contributed by atoms with van der Waals surface area (Å²) in [6.07, 6.45) is 2.92. The molecule has 7 heteroatoms. The van der Waals surface area contributed by atoms with Crippen LogP contribution in [0.25, 0.3) is 0 Å². The first-order valence-corrected chi connectivity index (χ1v) is 7.53. The largest absolute Gasteiger partial charge is 0.435 e. The lowest BCUT2D eigenvalue weighted by atomic mass is 10.0. The predicted octanol–water partition coefficient (Wildman–Crippen LogP) is 2.19. The summed E-state index contributed by atoms with van der Waals surface area (Å²) in [5.74, 6) is 1.71. The van der Waals surface area contributed by atoms with Crippen LogP contribution in [-0.4, -0.2) is 25.7 Å². The Balaban J connectivity index is 2.21. The first kappa shape index (κ1) is 16.2. The Morgan fingerprint density at radius 2 is 2.18 bits per heavy atom. The van der Waals surface area contributed by atoms with E-state index in [1.165, 1.54) is 6.33 Å².